The molecule has 1 aliphatic rings. The van der Waals surface area contributed by atoms with Crippen molar-refractivity contribution in [2.24, 2.45) is 5.41 Å². The van der Waals surface area contributed by atoms with Crippen LogP contribution in [-0.2, 0) is 26.0 Å². The average Bonchev–Trinajstić information content (AvgIpc) is 2.92. The minimum atomic E-state index is -3.48. The molecular formula is C14H23N3O5S. The lowest BCUT2D eigenvalue weighted by Crippen LogP contribution is -2.44. The zero-order valence-corrected chi connectivity index (χ0v) is 14.2. The maximum atomic E-state index is 12.3. The number of aromatic amines is 1. The zero-order chi connectivity index (χ0) is 16.9. The lowest BCUT2D eigenvalue weighted by Gasteiger charge is -2.40. The molecule has 2 rings (SSSR count). The van der Waals surface area contributed by atoms with Gasteiger partial charge in [0.2, 0.25) is 10.0 Å². The van der Waals surface area contributed by atoms with Gasteiger partial charge in [0.25, 0.3) is 0 Å². The number of carbonyl (C=O) groups is 1. The second kappa shape index (κ2) is 7.41. The van der Waals surface area contributed by atoms with Crippen LogP contribution >= 0.6 is 0 Å². The Balaban J connectivity index is 1.97. The number of aromatic nitrogens is 2. The number of ether oxygens (including phenoxy) is 2. The molecule has 0 bridgehead atoms. The Morgan fingerprint density at radius 1 is 1.48 bits per heavy atom. The predicted molar refractivity (Wildman–Crippen MR) is 83.3 cm³/mol. The van der Waals surface area contributed by atoms with E-state index in [1.807, 2.05) is 0 Å². The number of rotatable bonds is 9. The molecular weight excluding hydrogens is 322 g/mol. The normalized spacial score (nSPS) is 16.8. The highest BCUT2D eigenvalue weighted by molar-refractivity contribution is 7.89. The number of methoxy groups -OCH3 is 1. The van der Waals surface area contributed by atoms with E-state index < -0.39 is 16.0 Å². The summed E-state index contributed by atoms with van der Waals surface area (Å²) in [6.45, 7) is 2.34. The van der Waals surface area contributed by atoms with E-state index in [2.05, 4.69) is 14.7 Å². The summed E-state index contributed by atoms with van der Waals surface area (Å²) in [6.07, 6.45) is 4.06. The van der Waals surface area contributed by atoms with E-state index in [1.54, 1.807) is 14.0 Å². The van der Waals surface area contributed by atoms with Gasteiger partial charge in [-0.05, 0) is 19.8 Å². The lowest BCUT2D eigenvalue weighted by atomic mass is 9.71. The first kappa shape index (κ1) is 17.9. The van der Waals surface area contributed by atoms with E-state index in [0.29, 0.717) is 12.3 Å². The molecule has 1 aromatic heterocycles. The van der Waals surface area contributed by atoms with Crippen molar-refractivity contribution in [1.29, 1.82) is 0 Å². The van der Waals surface area contributed by atoms with E-state index in [1.165, 1.54) is 6.33 Å². The SMILES string of the molecule is CCOC(=O)c1nc[nH]c1CNS(=O)(=O)CC1(COC)CCC1. The summed E-state index contributed by atoms with van der Waals surface area (Å²) < 4.78 is 37.2. The first-order valence-corrected chi connectivity index (χ1v) is 9.22. The van der Waals surface area contributed by atoms with Gasteiger partial charge in [0, 0.05) is 12.5 Å². The number of hydrogen-bond donors (Lipinski definition) is 2. The lowest BCUT2D eigenvalue weighted by molar-refractivity contribution is 0.0356. The summed E-state index contributed by atoms with van der Waals surface area (Å²) >= 11 is 0. The van der Waals surface area contributed by atoms with E-state index in [9.17, 15) is 13.2 Å². The molecule has 0 radical (unpaired) electrons. The van der Waals surface area contributed by atoms with Crippen LogP contribution in [0, 0.1) is 5.41 Å². The average molecular weight is 345 g/mol. The predicted octanol–water partition coefficient (Wildman–Crippen LogP) is 0.822. The Kier molecular flexibility index (Phi) is 5.77. The fourth-order valence-electron chi connectivity index (χ4n) is 2.78. The summed E-state index contributed by atoms with van der Waals surface area (Å²) in [6, 6.07) is 0. The highest BCUT2D eigenvalue weighted by atomic mass is 32.2. The molecule has 0 unspecified atom stereocenters. The van der Waals surface area contributed by atoms with Crippen molar-refractivity contribution >= 4 is 16.0 Å². The highest BCUT2D eigenvalue weighted by Gasteiger charge is 2.41. The van der Waals surface area contributed by atoms with Crippen LogP contribution in [0.2, 0.25) is 0 Å². The first-order chi connectivity index (χ1) is 10.9. The van der Waals surface area contributed by atoms with Crippen molar-refractivity contribution in [3.8, 4) is 0 Å². The third kappa shape index (κ3) is 4.52. The Morgan fingerprint density at radius 2 is 2.22 bits per heavy atom. The van der Waals surface area contributed by atoms with Gasteiger partial charge < -0.3 is 14.5 Å². The number of nitrogens with one attached hydrogen (secondary N) is 2. The van der Waals surface area contributed by atoms with Crippen molar-refractivity contribution in [2.75, 3.05) is 26.1 Å². The smallest absolute Gasteiger partial charge is 0.358 e. The number of sulfonamides is 1. The van der Waals surface area contributed by atoms with E-state index in [-0.39, 0.29) is 30.0 Å². The number of imidazole rings is 1. The second-order valence-electron chi connectivity index (χ2n) is 5.82. The van der Waals surface area contributed by atoms with Crippen LogP contribution in [0.5, 0.6) is 0 Å². The quantitative estimate of drug-likeness (QED) is 0.641. The van der Waals surface area contributed by atoms with Gasteiger partial charge in [-0.2, -0.15) is 0 Å². The van der Waals surface area contributed by atoms with Gasteiger partial charge in [-0.25, -0.2) is 22.9 Å². The molecule has 23 heavy (non-hydrogen) atoms. The van der Waals surface area contributed by atoms with Crippen LogP contribution in [0.4, 0.5) is 0 Å². The Hall–Kier alpha value is -1.45. The summed E-state index contributed by atoms with van der Waals surface area (Å²) in [5, 5.41) is 0. The number of nitrogens with zero attached hydrogens (tertiary/aromatic N) is 1. The summed E-state index contributed by atoms with van der Waals surface area (Å²) in [5.41, 5.74) is 0.199. The van der Waals surface area contributed by atoms with Crippen LogP contribution < -0.4 is 4.72 Å². The molecule has 0 atom stereocenters. The van der Waals surface area contributed by atoms with Crippen LogP contribution in [0.3, 0.4) is 0 Å². The van der Waals surface area contributed by atoms with Gasteiger partial charge in [-0.3, -0.25) is 0 Å². The number of hydrogen-bond acceptors (Lipinski definition) is 6. The molecule has 0 spiro atoms. The molecule has 1 saturated carbocycles. The molecule has 9 heteroatoms. The fourth-order valence-corrected chi connectivity index (χ4v) is 4.43. The Bertz CT molecular complexity index is 637. The molecule has 8 nitrogen and oxygen atoms in total. The maximum Gasteiger partial charge on any atom is 0.358 e. The largest absolute Gasteiger partial charge is 0.461 e. The van der Waals surface area contributed by atoms with Gasteiger partial charge >= 0.3 is 5.97 Å². The molecule has 0 aliphatic heterocycles. The monoisotopic (exact) mass is 345 g/mol. The highest BCUT2D eigenvalue weighted by Crippen LogP contribution is 2.42. The summed E-state index contributed by atoms with van der Waals surface area (Å²) in [7, 11) is -1.90. The van der Waals surface area contributed by atoms with Gasteiger partial charge in [0.05, 0.1) is 37.5 Å². The van der Waals surface area contributed by atoms with E-state index >= 15 is 0 Å². The Morgan fingerprint density at radius 3 is 2.78 bits per heavy atom. The van der Waals surface area contributed by atoms with Gasteiger partial charge in [0.1, 0.15) is 0 Å². The van der Waals surface area contributed by atoms with Crippen LogP contribution in [0.15, 0.2) is 6.33 Å². The van der Waals surface area contributed by atoms with Crippen molar-refractivity contribution in [3.63, 3.8) is 0 Å². The van der Waals surface area contributed by atoms with Crippen LogP contribution in [0.25, 0.3) is 0 Å². The minimum absolute atomic E-state index is 0.0245. The topological polar surface area (TPSA) is 110 Å². The first-order valence-electron chi connectivity index (χ1n) is 7.57. The van der Waals surface area contributed by atoms with Crippen molar-refractivity contribution < 1.29 is 22.7 Å². The standard InChI is InChI=1S/C14H23N3O5S/c1-3-22-13(18)12-11(15-10-16-12)7-17-23(19,20)9-14(8-21-2)5-4-6-14/h10,17H,3-9H2,1-2H3,(H,15,16). The fraction of sp³-hybridized carbons (Fsp3) is 0.714. The van der Waals surface area contributed by atoms with Crippen molar-refractivity contribution in [1.82, 2.24) is 14.7 Å². The molecule has 0 aromatic carbocycles. The summed E-state index contributed by atoms with van der Waals surface area (Å²) in [4.78, 5) is 18.4. The molecule has 1 heterocycles. The number of esters is 1. The summed E-state index contributed by atoms with van der Waals surface area (Å²) in [5.74, 6) is -0.547. The van der Waals surface area contributed by atoms with Crippen LogP contribution in [-0.4, -0.2) is 50.4 Å². The number of H-pyrrole nitrogens is 1. The van der Waals surface area contributed by atoms with Crippen LogP contribution in [0.1, 0.15) is 42.4 Å². The zero-order valence-electron chi connectivity index (χ0n) is 13.4. The van der Waals surface area contributed by atoms with Crippen molar-refractivity contribution in [2.45, 2.75) is 32.7 Å². The molecule has 0 amide bonds. The maximum absolute atomic E-state index is 12.3. The molecule has 0 saturated heterocycles. The van der Waals surface area contributed by atoms with E-state index in [0.717, 1.165) is 19.3 Å². The molecule has 1 aromatic rings. The Labute approximate surface area is 136 Å². The van der Waals surface area contributed by atoms with Gasteiger partial charge in [-0.15, -0.1) is 0 Å². The number of carbonyl (C=O) groups excluding carboxylic acids is 1. The molecule has 1 fully saturated rings. The van der Waals surface area contributed by atoms with Gasteiger partial charge in [0.15, 0.2) is 5.69 Å². The third-order valence-corrected chi connectivity index (χ3v) is 5.59. The third-order valence-electron chi connectivity index (χ3n) is 4.02. The second-order valence-corrected chi connectivity index (χ2v) is 7.62. The molecule has 1 aliphatic carbocycles. The van der Waals surface area contributed by atoms with Gasteiger partial charge in [-0.1, -0.05) is 6.42 Å². The molecule has 2 N–H and O–H groups in total. The van der Waals surface area contributed by atoms with Crippen molar-refractivity contribution in [3.05, 3.63) is 17.7 Å². The molecule has 130 valence electrons. The minimum Gasteiger partial charge on any atom is -0.461 e. The van der Waals surface area contributed by atoms with E-state index in [4.69, 9.17) is 9.47 Å².